The molecular weight excluding hydrogens is 297 g/mol. The Bertz CT molecular complexity index is 590. The number of carbonyl (C=O) groups excluding carboxylic acids is 1. The highest BCUT2D eigenvalue weighted by atomic mass is 32.2. The second-order valence-electron chi connectivity index (χ2n) is 4.84. The van der Waals surface area contributed by atoms with Gasteiger partial charge in [0.15, 0.2) is 0 Å². The van der Waals surface area contributed by atoms with E-state index < -0.39 is 21.9 Å². The molecule has 1 aromatic rings. The van der Waals surface area contributed by atoms with Gasteiger partial charge in [-0.2, -0.15) is 0 Å². The van der Waals surface area contributed by atoms with E-state index in [4.69, 9.17) is 0 Å². The number of carbonyl (C=O) groups is 1. The van der Waals surface area contributed by atoms with E-state index in [2.05, 4.69) is 10.6 Å². The number of nitrogens with one attached hydrogen (secondary N) is 2. The molecule has 0 aliphatic carbocycles. The van der Waals surface area contributed by atoms with Crippen molar-refractivity contribution in [2.24, 2.45) is 0 Å². The molecule has 1 rings (SSSR count). The van der Waals surface area contributed by atoms with Crippen LogP contribution in [0.2, 0.25) is 0 Å². The number of nitrogens with zero attached hydrogens (tertiary/aromatic N) is 1. The average Bonchev–Trinajstić information content (AvgIpc) is 2.33. The Kier molecular flexibility index (Phi) is 5.95. The molecule has 1 aromatic carbocycles. The zero-order chi connectivity index (χ0) is 16.0. The van der Waals surface area contributed by atoms with Crippen LogP contribution in [0, 0.1) is 5.82 Å². The van der Waals surface area contributed by atoms with Gasteiger partial charge in [-0.3, -0.25) is 4.31 Å². The van der Waals surface area contributed by atoms with Crippen molar-refractivity contribution in [2.45, 2.75) is 19.9 Å². The van der Waals surface area contributed by atoms with Gasteiger partial charge in [-0.15, -0.1) is 0 Å². The molecule has 118 valence electrons. The summed E-state index contributed by atoms with van der Waals surface area (Å²) in [5, 5.41) is 5.14. The number of para-hydroxylation sites is 1. The van der Waals surface area contributed by atoms with E-state index in [0.717, 1.165) is 10.6 Å². The van der Waals surface area contributed by atoms with Gasteiger partial charge in [0.1, 0.15) is 5.82 Å². The molecule has 0 aliphatic rings. The van der Waals surface area contributed by atoms with Crippen LogP contribution in [-0.4, -0.2) is 39.8 Å². The summed E-state index contributed by atoms with van der Waals surface area (Å²) in [4.78, 5) is 11.4. The number of rotatable bonds is 6. The Morgan fingerprint density at radius 2 is 1.95 bits per heavy atom. The van der Waals surface area contributed by atoms with E-state index in [1.165, 1.54) is 18.2 Å². The van der Waals surface area contributed by atoms with Crippen LogP contribution in [0.4, 0.5) is 14.9 Å². The van der Waals surface area contributed by atoms with Crippen LogP contribution in [0.25, 0.3) is 0 Å². The molecule has 0 fully saturated rings. The summed E-state index contributed by atoms with van der Waals surface area (Å²) in [7, 11) is -3.64. The van der Waals surface area contributed by atoms with Gasteiger partial charge in [0.2, 0.25) is 10.0 Å². The molecule has 0 aromatic heterocycles. The minimum absolute atomic E-state index is 0.0254. The van der Waals surface area contributed by atoms with Crippen LogP contribution in [0.15, 0.2) is 24.3 Å². The SMILES string of the molecule is CC(C)NC(=O)NCCN(c1ccccc1F)S(C)(=O)=O. The third-order valence-electron chi connectivity index (χ3n) is 2.54. The molecule has 6 nitrogen and oxygen atoms in total. The first-order valence-corrected chi connectivity index (χ1v) is 8.33. The van der Waals surface area contributed by atoms with Gasteiger partial charge >= 0.3 is 6.03 Å². The molecule has 0 saturated heterocycles. The zero-order valence-electron chi connectivity index (χ0n) is 12.3. The second kappa shape index (κ2) is 7.26. The molecule has 21 heavy (non-hydrogen) atoms. The Morgan fingerprint density at radius 1 is 1.33 bits per heavy atom. The van der Waals surface area contributed by atoms with Crippen molar-refractivity contribution in [1.82, 2.24) is 10.6 Å². The maximum atomic E-state index is 13.7. The zero-order valence-corrected chi connectivity index (χ0v) is 13.1. The summed E-state index contributed by atoms with van der Waals surface area (Å²) in [6.45, 7) is 3.63. The lowest BCUT2D eigenvalue weighted by atomic mass is 10.3. The van der Waals surface area contributed by atoms with Gasteiger partial charge in [-0.1, -0.05) is 12.1 Å². The van der Waals surface area contributed by atoms with E-state index in [1.54, 1.807) is 6.07 Å². The van der Waals surface area contributed by atoms with E-state index in [9.17, 15) is 17.6 Å². The Morgan fingerprint density at radius 3 is 2.48 bits per heavy atom. The number of anilines is 1. The van der Waals surface area contributed by atoms with Crippen LogP contribution in [0.3, 0.4) is 0 Å². The third kappa shape index (κ3) is 5.58. The Balaban J connectivity index is 2.74. The maximum absolute atomic E-state index is 13.7. The van der Waals surface area contributed by atoms with Crippen LogP contribution in [0.1, 0.15) is 13.8 Å². The first kappa shape index (κ1) is 17.2. The lowest BCUT2D eigenvalue weighted by Gasteiger charge is -2.23. The van der Waals surface area contributed by atoms with Crippen LogP contribution in [0.5, 0.6) is 0 Å². The molecule has 0 atom stereocenters. The molecule has 0 saturated carbocycles. The molecule has 0 heterocycles. The van der Waals surface area contributed by atoms with Crippen molar-refractivity contribution in [3.8, 4) is 0 Å². The predicted molar refractivity (Wildman–Crippen MR) is 80.3 cm³/mol. The summed E-state index contributed by atoms with van der Waals surface area (Å²) >= 11 is 0. The Hall–Kier alpha value is -1.83. The largest absolute Gasteiger partial charge is 0.336 e. The highest BCUT2D eigenvalue weighted by Crippen LogP contribution is 2.20. The molecular formula is C13H20FN3O3S. The summed E-state index contributed by atoms with van der Waals surface area (Å²) < 4.78 is 38.2. The minimum Gasteiger partial charge on any atom is -0.336 e. The molecule has 0 spiro atoms. The molecule has 2 amide bonds. The van der Waals surface area contributed by atoms with Crippen molar-refractivity contribution in [3.63, 3.8) is 0 Å². The van der Waals surface area contributed by atoms with Crippen molar-refractivity contribution >= 4 is 21.7 Å². The van der Waals surface area contributed by atoms with Gasteiger partial charge in [-0.05, 0) is 26.0 Å². The van der Waals surface area contributed by atoms with E-state index >= 15 is 0 Å². The third-order valence-corrected chi connectivity index (χ3v) is 3.72. The number of halogens is 1. The van der Waals surface area contributed by atoms with Crippen LogP contribution in [-0.2, 0) is 10.0 Å². The lowest BCUT2D eigenvalue weighted by Crippen LogP contribution is -2.44. The fourth-order valence-corrected chi connectivity index (χ4v) is 2.63. The fraction of sp³-hybridized carbons (Fsp3) is 0.462. The van der Waals surface area contributed by atoms with E-state index in [-0.39, 0.29) is 24.8 Å². The standard InChI is InChI=1S/C13H20FN3O3S/c1-10(2)16-13(18)15-8-9-17(21(3,19)20)12-7-5-4-6-11(12)14/h4-7,10H,8-9H2,1-3H3,(H2,15,16,18). The first-order valence-electron chi connectivity index (χ1n) is 6.48. The van der Waals surface area contributed by atoms with Crippen molar-refractivity contribution in [1.29, 1.82) is 0 Å². The van der Waals surface area contributed by atoms with Crippen LogP contribution < -0.4 is 14.9 Å². The first-order chi connectivity index (χ1) is 9.71. The molecule has 0 aliphatic heterocycles. The maximum Gasteiger partial charge on any atom is 0.315 e. The molecule has 0 bridgehead atoms. The molecule has 2 N–H and O–H groups in total. The lowest BCUT2D eigenvalue weighted by molar-refractivity contribution is 0.239. The molecule has 0 radical (unpaired) electrons. The van der Waals surface area contributed by atoms with Crippen LogP contribution >= 0.6 is 0 Å². The quantitative estimate of drug-likeness (QED) is 0.830. The van der Waals surface area contributed by atoms with Crippen molar-refractivity contribution in [2.75, 3.05) is 23.7 Å². The summed E-state index contributed by atoms with van der Waals surface area (Å²) in [5.41, 5.74) is -0.0360. The fourth-order valence-electron chi connectivity index (χ4n) is 1.70. The van der Waals surface area contributed by atoms with E-state index in [0.29, 0.717) is 0 Å². The van der Waals surface area contributed by atoms with Crippen molar-refractivity contribution < 1.29 is 17.6 Å². The van der Waals surface area contributed by atoms with Gasteiger partial charge in [0.25, 0.3) is 0 Å². The minimum atomic E-state index is -3.64. The highest BCUT2D eigenvalue weighted by Gasteiger charge is 2.20. The average molecular weight is 317 g/mol. The smallest absolute Gasteiger partial charge is 0.315 e. The monoisotopic (exact) mass is 317 g/mol. The summed E-state index contributed by atoms with van der Waals surface area (Å²) in [5.74, 6) is -0.630. The highest BCUT2D eigenvalue weighted by molar-refractivity contribution is 7.92. The summed E-state index contributed by atoms with van der Waals surface area (Å²) in [6, 6.07) is 5.18. The summed E-state index contributed by atoms with van der Waals surface area (Å²) in [6.07, 6.45) is 0.994. The number of sulfonamides is 1. The number of amides is 2. The van der Waals surface area contributed by atoms with Gasteiger partial charge in [0, 0.05) is 12.6 Å². The second-order valence-corrected chi connectivity index (χ2v) is 6.75. The number of urea groups is 1. The molecule has 0 unspecified atom stereocenters. The van der Waals surface area contributed by atoms with E-state index in [1.807, 2.05) is 13.8 Å². The predicted octanol–water partition coefficient (Wildman–Crippen LogP) is 1.30. The van der Waals surface area contributed by atoms with Crippen molar-refractivity contribution in [3.05, 3.63) is 30.1 Å². The number of hydrogen-bond donors (Lipinski definition) is 2. The van der Waals surface area contributed by atoms with Gasteiger partial charge < -0.3 is 10.6 Å². The number of hydrogen-bond acceptors (Lipinski definition) is 3. The Labute approximate surface area is 124 Å². The van der Waals surface area contributed by atoms with Gasteiger partial charge in [-0.25, -0.2) is 17.6 Å². The molecule has 8 heteroatoms. The normalized spacial score (nSPS) is 11.3. The van der Waals surface area contributed by atoms with Gasteiger partial charge in [0.05, 0.1) is 18.5 Å². The topological polar surface area (TPSA) is 78.5 Å². The number of benzene rings is 1.